The maximum atomic E-state index is 13.7. The van der Waals surface area contributed by atoms with Crippen molar-refractivity contribution in [2.24, 2.45) is 0 Å². The standard InChI is InChI=1S/C15H20BrFN2O3/c1-9(8-18-14(21)22-15(2,3)4)19-13(20)11-6-5-10(16)7-12(11)17/h5-7,9H,8H2,1-4H3,(H,18,21)(H,19,20). The fourth-order valence-electron chi connectivity index (χ4n) is 1.58. The number of halogens is 2. The molecule has 2 amide bonds. The largest absolute Gasteiger partial charge is 0.444 e. The molecule has 2 N–H and O–H groups in total. The molecule has 0 aromatic heterocycles. The summed E-state index contributed by atoms with van der Waals surface area (Å²) in [7, 11) is 0. The van der Waals surface area contributed by atoms with E-state index >= 15 is 0 Å². The van der Waals surface area contributed by atoms with Crippen molar-refractivity contribution in [1.82, 2.24) is 10.6 Å². The molecule has 0 spiro atoms. The number of rotatable bonds is 4. The average Bonchev–Trinajstić information content (AvgIpc) is 2.34. The number of hydrogen-bond donors (Lipinski definition) is 2. The zero-order valence-corrected chi connectivity index (χ0v) is 14.6. The predicted molar refractivity (Wildman–Crippen MR) is 85.3 cm³/mol. The first-order valence-corrected chi connectivity index (χ1v) is 7.60. The summed E-state index contributed by atoms with van der Waals surface area (Å²) in [6.45, 7) is 7.15. The Balaban J connectivity index is 2.49. The number of carbonyl (C=O) groups excluding carboxylic acids is 2. The normalized spacial score (nSPS) is 12.5. The number of alkyl carbamates (subject to hydrolysis) is 1. The monoisotopic (exact) mass is 374 g/mol. The van der Waals surface area contributed by atoms with Crippen LogP contribution in [0.1, 0.15) is 38.1 Å². The summed E-state index contributed by atoms with van der Waals surface area (Å²) in [6.07, 6.45) is -0.566. The number of hydrogen-bond acceptors (Lipinski definition) is 3. The highest BCUT2D eigenvalue weighted by Crippen LogP contribution is 2.15. The Hall–Kier alpha value is -1.63. The van der Waals surface area contributed by atoms with E-state index < -0.39 is 23.4 Å². The molecule has 22 heavy (non-hydrogen) atoms. The van der Waals surface area contributed by atoms with Crippen LogP contribution in [0, 0.1) is 5.82 Å². The zero-order valence-electron chi connectivity index (χ0n) is 13.0. The van der Waals surface area contributed by atoms with Gasteiger partial charge in [-0.3, -0.25) is 4.79 Å². The van der Waals surface area contributed by atoms with Gasteiger partial charge < -0.3 is 15.4 Å². The lowest BCUT2D eigenvalue weighted by molar-refractivity contribution is 0.0521. The maximum absolute atomic E-state index is 13.7. The third-order valence-electron chi connectivity index (χ3n) is 2.50. The lowest BCUT2D eigenvalue weighted by atomic mass is 10.2. The number of nitrogens with one attached hydrogen (secondary N) is 2. The molecule has 1 atom stereocenters. The first-order chi connectivity index (χ1) is 10.1. The van der Waals surface area contributed by atoms with E-state index in [-0.39, 0.29) is 18.2 Å². The summed E-state index contributed by atoms with van der Waals surface area (Å²) >= 11 is 3.13. The van der Waals surface area contributed by atoms with E-state index in [1.54, 1.807) is 33.8 Å². The minimum absolute atomic E-state index is 0.0488. The van der Waals surface area contributed by atoms with Gasteiger partial charge in [0.2, 0.25) is 0 Å². The second-order valence-electron chi connectivity index (χ2n) is 5.88. The van der Waals surface area contributed by atoms with Gasteiger partial charge in [-0.15, -0.1) is 0 Å². The highest BCUT2D eigenvalue weighted by molar-refractivity contribution is 9.10. The van der Waals surface area contributed by atoms with Gasteiger partial charge in [0.1, 0.15) is 11.4 Å². The van der Waals surface area contributed by atoms with Gasteiger partial charge >= 0.3 is 6.09 Å². The molecule has 0 fully saturated rings. The molecule has 0 aliphatic carbocycles. The van der Waals surface area contributed by atoms with Gasteiger partial charge in [0.05, 0.1) is 5.56 Å². The summed E-state index contributed by atoms with van der Waals surface area (Å²) in [5.74, 6) is -1.15. The van der Waals surface area contributed by atoms with Crippen molar-refractivity contribution in [3.05, 3.63) is 34.1 Å². The van der Waals surface area contributed by atoms with Crippen LogP contribution in [0.5, 0.6) is 0 Å². The maximum Gasteiger partial charge on any atom is 0.407 e. The average molecular weight is 375 g/mol. The summed E-state index contributed by atoms with van der Waals surface area (Å²) in [5.41, 5.74) is -0.635. The molecule has 122 valence electrons. The number of carbonyl (C=O) groups is 2. The van der Waals surface area contributed by atoms with Crippen molar-refractivity contribution in [2.45, 2.75) is 39.3 Å². The highest BCUT2D eigenvalue weighted by atomic mass is 79.9. The quantitative estimate of drug-likeness (QED) is 0.849. The Morgan fingerprint density at radius 2 is 2.00 bits per heavy atom. The summed E-state index contributed by atoms with van der Waals surface area (Å²) in [4.78, 5) is 23.4. The van der Waals surface area contributed by atoms with E-state index in [1.807, 2.05) is 0 Å². The van der Waals surface area contributed by atoms with E-state index in [4.69, 9.17) is 4.74 Å². The Bertz CT molecular complexity index is 558. The molecular formula is C15H20BrFN2O3. The summed E-state index contributed by atoms with van der Waals surface area (Å²) < 4.78 is 19.3. The second-order valence-corrected chi connectivity index (χ2v) is 6.80. The topological polar surface area (TPSA) is 67.4 Å². The number of ether oxygens (including phenoxy) is 1. The Labute approximate surface area is 137 Å². The van der Waals surface area contributed by atoms with E-state index in [0.717, 1.165) is 0 Å². The van der Waals surface area contributed by atoms with E-state index in [1.165, 1.54) is 12.1 Å². The number of amides is 2. The molecule has 0 aliphatic heterocycles. The smallest absolute Gasteiger partial charge is 0.407 e. The third-order valence-corrected chi connectivity index (χ3v) is 3.00. The van der Waals surface area contributed by atoms with Gasteiger partial charge in [-0.1, -0.05) is 15.9 Å². The van der Waals surface area contributed by atoms with Crippen molar-refractivity contribution in [3.8, 4) is 0 Å². The first-order valence-electron chi connectivity index (χ1n) is 6.81. The Morgan fingerprint density at radius 1 is 1.36 bits per heavy atom. The van der Waals surface area contributed by atoms with Crippen molar-refractivity contribution < 1.29 is 18.7 Å². The summed E-state index contributed by atoms with van der Waals surface area (Å²) in [6, 6.07) is 3.83. The molecule has 5 nitrogen and oxygen atoms in total. The van der Waals surface area contributed by atoms with Gasteiger partial charge in [-0.05, 0) is 45.9 Å². The van der Waals surface area contributed by atoms with Crippen LogP contribution in [-0.4, -0.2) is 30.2 Å². The lowest BCUT2D eigenvalue weighted by Gasteiger charge is -2.21. The fraction of sp³-hybridized carbons (Fsp3) is 0.467. The van der Waals surface area contributed by atoms with Crippen LogP contribution in [0.2, 0.25) is 0 Å². The van der Waals surface area contributed by atoms with Crippen molar-refractivity contribution in [1.29, 1.82) is 0 Å². The van der Waals surface area contributed by atoms with Crippen LogP contribution in [-0.2, 0) is 4.74 Å². The summed E-state index contributed by atoms with van der Waals surface area (Å²) in [5, 5.41) is 5.15. The van der Waals surface area contributed by atoms with Crippen LogP contribution < -0.4 is 10.6 Å². The third kappa shape index (κ3) is 6.43. The fourth-order valence-corrected chi connectivity index (χ4v) is 1.91. The minimum atomic E-state index is -0.612. The molecule has 1 unspecified atom stereocenters. The van der Waals surface area contributed by atoms with E-state index in [0.29, 0.717) is 4.47 Å². The Kier molecular flexibility index (Phi) is 6.34. The van der Waals surface area contributed by atoms with Crippen molar-refractivity contribution >= 4 is 27.9 Å². The van der Waals surface area contributed by atoms with Gasteiger partial charge in [0, 0.05) is 17.1 Å². The SMILES string of the molecule is CC(CNC(=O)OC(C)(C)C)NC(=O)c1ccc(Br)cc1F. The molecule has 1 aromatic rings. The van der Waals surface area contributed by atoms with Crippen LogP contribution >= 0.6 is 15.9 Å². The Morgan fingerprint density at radius 3 is 2.55 bits per heavy atom. The molecule has 7 heteroatoms. The molecule has 1 rings (SSSR count). The van der Waals surface area contributed by atoms with Crippen molar-refractivity contribution in [3.63, 3.8) is 0 Å². The van der Waals surface area contributed by atoms with Crippen molar-refractivity contribution in [2.75, 3.05) is 6.54 Å². The van der Waals surface area contributed by atoms with Crippen LogP contribution in [0.4, 0.5) is 9.18 Å². The van der Waals surface area contributed by atoms with Crippen LogP contribution in [0.3, 0.4) is 0 Å². The molecular weight excluding hydrogens is 355 g/mol. The molecule has 1 aromatic carbocycles. The highest BCUT2D eigenvalue weighted by Gasteiger charge is 2.18. The minimum Gasteiger partial charge on any atom is -0.444 e. The van der Waals surface area contributed by atoms with E-state index in [2.05, 4.69) is 26.6 Å². The molecule has 0 saturated heterocycles. The number of benzene rings is 1. The lowest BCUT2D eigenvalue weighted by Crippen LogP contribution is -2.43. The van der Waals surface area contributed by atoms with Crippen LogP contribution in [0.15, 0.2) is 22.7 Å². The molecule has 0 heterocycles. The molecule has 0 radical (unpaired) electrons. The second kappa shape index (κ2) is 7.58. The van der Waals surface area contributed by atoms with Gasteiger partial charge in [-0.2, -0.15) is 0 Å². The predicted octanol–water partition coefficient (Wildman–Crippen LogP) is 3.23. The molecule has 0 bridgehead atoms. The first kappa shape index (κ1) is 18.4. The van der Waals surface area contributed by atoms with Gasteiger partial charge in [0.15, 0.2) is 0 Å². The molecule has 0 saturated carbocycles. The molecule has 0 aliphatic rings. The van der Waals surface area contributed by atoms with Crippen LogP contribution in [0.25, 0.3) is 0 Å². The van der Waals surface area contributed by atoms with Gasteiger partial charge in [0.25, 0.3) is 5.91 Å². The zero-order chi connectivity index (χ0) is 16.9. The van der Waals surface area contributed by atoms with E-state index in [9.17, 15) is 14.0 Å². The van der Waals surface area contributed by atoms with Gasteiger partial charge in [-0.25, -0.2) is 9.18 Å².